The van der Waals surface area contributed by atoms with Crippen LogP contribution in [0.15, 0.2) is 0 Å². The van der Waals surface area contributed by atoms with E-state index in [0.29, 0.717) is 34.7 Å². The van der Waals surface area contributed by atoms with Gasteiger partial charge in [0.25, 0.3) is 0 Å². The summed E-state index contributed by atoms with van der Waals surface area (Å²) in [5.41, 5.74) is 0.839. The van der Waals surface area contributed by atoms with E-state index in [1.165, 1.54) is 38.5 Å². The molecule has 1 unspecified atom stereocenters. The molecule has 0 N–H and O–H groups in total. The lowest BCUT2D eigenvalue weighted by Crippen LogP contribution is -2.54. The Morgan fingerprint density at radius 3 is 2.56 bits per heavy atom. The molecule has 0 heterocycles. The van der Waals surface area contributed by atoms with Gasteiger partial charge in [0.15, 0.2) is 0 Å². The van der Waals surface area contributed by atoms with Crippen LogP contribution in [-0.2, 0) is 9.53 Å². The zero-order valence-electron chi connectivity index (χ0n) is 16.9. The molecule has 0 aromatic carbocycles. The van der Waals surface area contributed by atoms with Crippen molar-refractivity contribution in [3.8, 4) is 0 Å². The average Bonchev–Trinajstić information content (AvgIpc) is 2.92. The molecular formula is C23H38O2. The first-order chi connectivity index (χ1) is 11.9. The normalized spacial score (nSPS) is 50.7. The van der Waals surface area contributed by atoms with E-state index in [4.69, 9.17) is 4.74 Å². The van der Waals surface area contributed by atoms with Gasteiger partial charge in [0.1, 0.15) is 5.78 Å². The molecule has 0 aliphatic heterocycles. The predicted molar refractivity (Wildman–Crippen MR) is 101 cm³/mol. The van der Waals surface area contributed by atoms with E-state index in [0.717, 1.165) is 43.4 Å². The Kier molecular flexibility index (Phi) is 4.58. The van der Waals surface area contributed by atoms with Gasteiger partial charge in [-0.1, -0.05) is 20.8 Å². The number of hydrogen-bond donors (Lipinski definition) is 0. The Morgan fingerprint density at radius 1 is 1.04 bits per heavy atom. The summed E-state index contributed by atoms with van der Waals surface area (Å²) in [7, 11) is 0. The summed E-state index contributed by atoms with van der Waals surface area (Å²) in [5, 5.41) is 0. The van der Waals surface area contributed by atoms with E-state index in [2.05, 4.69) is 27.7 Å². The molecule has 4 rings (SSSR count). The summed E-state index contributed by atoms with van der Waals surface area (Å²) >= 11 is 0. The first-order valence-electron chi connectivity index (χ1n) is 11.1. The van der Waals surface area contributed by atoms with Crippen LogP contribution in [0.1, 0.15) is 91.9 Å². The molecule has 2 heteroatoms. The largest absolute Gasteiger partial charge is 0.375 e. The molecule has 0 amide bonds. The van der Waals surface area contributed by atoms with Gasteiger partial charge in [-0.05, 0) is 92.8 Å². The highest BCUT2D eigenvalue weighted by Crippen LogP contribution is 2.66. The van der Waals surface area contributed by atoms with E-state index in [9.17, 15) is 4.79 Å². The summed E-state index contributed by atoms with van der Waals surface area (Å²) < 4.78 is 6.51. The average molecular weight is 347 g/mol. The van der Waals surface area contributed by atoms with E-state index >= 15 is 0 Å². The lowest BCUT2D eigenvalue weighted by atomic mass is 9.45. The molecule has 2 nitrogen and oxygen atoms in total. The van der Waals surface area contributed by atoms with Crippen molar-refractivity contribution < 1.29 is 9.53 Å². The number of Topliss-reactive ketones (excluding diaryl/α,β-unsaturated/α-hetero) is 1. The van der Waals surface area contributed by atoms with Crippen molar-refractivity contribution in [3.05, 3.63) is 0 Å². The molecule has 25 heavy (non-hydrogen) atoms. The zero-order chi connectivity index (χ0) is 17.8. The highest BCUT2D eigenvalue weighted by molar-refractivity contribution is 5.79. The van der Waals surface area contributed by atoms with Crippen molar-refractivity contribution >= 4 is 5.78 Å². The monoisotopic (exact) mass is 346 g/mol. The van der Waals surface area contributed by atoms with Crippen LogP contribution in [-0.4, -0.2) is 18.0 Å². The van der Waals surface area contributed by atoms with Gasteiger partial charge in [0, 0.05) is 12.8 Å². The minimum atomic E-state index is 0.399. The summed E-state index contributed by atoms with van der Waals surface area (Å²) in [4.78, 5) is 12.0. The molecule has 4 aliphatic rings. The predicted octanol–water partition coefficient (Wildman–Crippen LogP) is 5.78. The second-order valence-electron chi connectivity index (χ2n) is 10.4. The van der Waals surface area contributed by atoms with Crippen molar-refractivity contribution in [1.82, 2.24) is 0 Å². The maximum atomic E-state index is 12.0. The number of hydrogen-bond acceptors (Lipinski definition) is 2. The Hall–Kier alpha value is -0.370. The quantitative estimate of drug-likeness (QED) is 0.647. The van der Waals surface area contributed by atoms with Gasteiger partial charge in [0.2, 0.25) is 0 Å². The fourth-order valence-electron chi connectivity index (χ4n) is 7.60. The number of carbonyl (C=O) groups excluding carboxylic acids is 1. The standard InChI is InChI=1S/C23H38O2/c1-5-15(2)25-21-9-8-19-18-7-6-16-14-17(24)10-12-22(16,3)20(18)11-13-23(19,21)4/h15-16,18-21H,5-14H2,1-4H3/t15?,16-,18-,19-,20-,21-,22-,23-/m0/s1. The first-order valence-corrected chi connectivity index (χ1v) is 11.1. The summed E-state index contributed by atoms with van der Waals surface area (Å²) in [6, 6.07) is 0. The fourth-order valence-corrected chi connectivity index (χ4v) is 7.60. The molecule has 0 bridgehead atoms. The van der Waals surface area contributed by atoms with Gasteiger partial charge in [-0.2, -0.15) is 0 Å². The summed E-state index contributed by atoms with van der Waals surface area (Å²) in [5.74, 6) is 3.81. The summed E-state index contributed by atoms with van der Waals surface area (Å²) in [6.45, 7) is 9.58. The third kappa shape index (κ3) is 2.73. The lowest BCUT2D eigenvalue weighted by molar-refractivity contribution is -0.149. The summed E-state index contributed by atoms with van der Waals surface area (Å²) in [6.07, 6.45) is 12.9. The van der Waals surface area contributed by atoms with Crippen molar-refractivity contribution in [2.75, 3.05) is 0 Å². The maximum absolute atomic E-state index is 12.0. The lowest BCUT2D eigenvalue weighted by Gasteiger charge is -2.60. The third-order valence-corrected chi connectivity index (χ3v) is 9.37. The van der Waals surface area contributed by atoms with Crippen LogP contribution in [0.2, 0.25) is 0 Å². The number of ketones is 1. The van der Waals surface area contributed by atoms with E-state index < -0.39 is 0 Å². The van der Waals surface area contributed by atoms with Crippen LogP contribution in [0, 0.1) is 34.5 Å². The van der Waals surface area contributed by atoms with Crippen molar-refractivity contribution in [2.45, 2.75) is 104 Å². The Bertz CT molecular complexity index is 528. The van der Waals surface area contributed by atoms with Crippen LogP contribution in [0.5, 0.6) is 0 Å². The van der Waals surface area contributed by atoms with Crippen LogP contribution in [0.25, 0.3) is 0 Å². The molecule has 0 aromatic rings. The number of carbonyl (C=O) groups is 1. The highest BCUT2D eigenvalue weighted by atomic mass is 16.5. The van der Waals surface area contributed by atoms with Gasteiger partial charge < -0.3 is 4.74 Å². The van der Waals surface area contributed by atoms with E-state index in [-0.39, 0.29) is 0 Å². The first kappa shape index (κ1) is 18.0. The van der Waals surface area contributed by atoms with Gasteiger partial charge in [-0.3, -0.25) is 4.79 Å². The number of ether oxygens (including phenoxy) is 1. The Balaban J connectivity index is 1.55. The van der Waals surface area contributed by atoms with Gasteiger partial charge in [0.05, 0.1) is 12.2 Å². The van der Waals surface area contributed by atoms with Crippen molar-refractivity contribution in [2.24, 2.45) is 34.5 Å². The zero-order valence-corrected chi connectivity index (χ0v) is 16.9. The smallest absolute Gasteiger partial charge is 0.133 e. The fraction of sp³-hybridized carbons (Fsp3) is 0.957. The topological polar surface area (TPSA) is 26.3 Å². The van der Waals surface area contributed by atoms with Crippen LogP contribution in [0.4, 0.5) is 0 Å². The third-order valence-electron chi connectivity index (χ3n) is 9.37. The molecule has 4 aliphatic carbocycles. The van der Waals surface area contributed by atoms with Crippen molar-refractivity contribution in [1.29, 1.82) is 0 Å². The number of fused-ring (bicyclic) bond motifs is 5. The molecular weight excluding hydrogens is 308 g/mol. The van der Waals surface area contributed by atoms with Gasteiger partial charge >= 0.3 is 0 Å². The SMILES string of the molecule is CCC(C)O[C@H]1CC[C@H]2[C@@H]3CC[C@H]4CC(=O)CC[C@]4(C)[C@H]3CC[C@]12C. The molecule has 0 spiro atoms. The maximum Gasteiger partial charge on any atom is 0.133 e. The van der Waals surface area contributed by atoms with Gasteiger partial charge in [-0.25, -0.2) is 0 Å². The Morgan fingerprint density at radius 2 is 1.80 bits per heavy atom. The molecule has 8 atom stereocenters. The van der Waals surface area contributed by atoms with Crippen molar-refractivity contribution in [3.63, 3.8) is 0 Å². The second-order valence-corrected chi connectivity index (χ2v) is 10.4. The molecule has 0 radical (unpaired) electrons. The van der Waals surface area contributed by atoms with Gasteiger partial charge in [-0.15, -0.1) is 0 Å². The number of rotatable bonds is 3. The Labute approximate surface area is 154 Å². The van der Waals surface area contributed by atoms with Crippen LogP contribution in [0.3, 0.4) is 0 Å². The second kappa shape index (κ2) is 6.36. The molecule has 0 saturated heterocycles. The highest BCUT2D eigenvalue weighted by Gasteiger charge is 2.60. The molecule has 142 valence electrons. The van der Waals surface area contributed by atoms with E-state index in [1.54, 1.807) is 0 Å². The minimum Gasteiger partial charge on any atom is -0.375 e. The van der Waals surface area contributed by atoms with Crippen LogP contribution < -0.4 is 0 Å². The molecule has 0 aromatic heterocycles. The molecule has 4 saturated carbocycles. The van der Waals surface area contributed by atoms with E-state index in [1.807, 2.05) is 0 Å². The minimum absolute atomic E-state index is 0.399. The molecule has 4 fully saturated rings. The van der Waals surface area contributed by atoms with Crippen LogP contribution >= 0.6 is 0 Å².